The third-order valence-electron chi connectivity index (χ3n) is 7.28. The van der Waals surface area contributed by atoms with Gasteiger partial charge in [0.15, 0.2) is 0 Å². The van der Waals surface area contributed by atoms with Crippen LogP contribution in [0.15, 0.2) is 53.5 Å². The molecule has 3 aromatic rings. The van der Waals surface area contributed by atoms with Gasteiger partial charge < -0.3 is 19.2 Å². The lowest BCUT2D eigenvalue weighted by Gasteiger charge is -2.39. The van der Waals surface area contributed by atoms with Crippen LogP contribution in [0.5, 0.6) is 5.75 Å². The number of benzene rings is 1. The van der Waals surface area contributed by atoms with Crippen LogP contribution in [0.4, 0.5) is 0 Å². The summed E-state index contributed by atoms with van der Waals surface area (Å²) in [5.41, 5.74) is 3.56. The molecule has 1 aliphatic rings. The van der Waals surface area contributed by atoms with Crippen molar-refractivity contribution in [2.45, 2.75) is 51.4 Å². The summed E-state index contributed by atoms with van der Waals surface area (Å²) in [6.07, 6.45) is 13.0. The van der Waals surface area contributed by atoms with Crippen molar-refractivity contribution in [1.29, 1.82) is 0 Å². The van der Waals surface area contributed by atoms with Crippen molar-refractivity contribution in [3.63, 3.8) is 0 Å². The lowest BCUT2D eigenvalue weighted by atomic mass is 9.79. The van der Waals surface area contributed by atoms with Crippen LogP contribution in [-0.2, 0) is 17.6 Å². The van der Waals surface area contributed by atoms with E-state index in [0.29, 0.717) is 11.8 Å². The number of hydrogen-bond donors (Lipinski definition) is 1. The highest BCUT2D eigenvalue weighted by Crippen LogP contribution is 2.32. The molecule has 2 aromatic heterocycles. The van der Waals surface area contributed by atoms with Gasteiger partial charge in [-0.25, -0.2) is 0 Å². The number of aromatic nitrogens is 1. The molecular formula is C28H36N2O4. The summed E-state index contributed by atoms with van der Waals surface area (Å²) in [6.45, 7) is 3.18. The lowest BCUT2D eigenvalue weighted by Crippen LogP contribution is -2.41. The van der Waals surface area contributed by atoms with E-state index in [1.165, 1.54) is 11.1 Å². The molecule has 6 heteroatoms. The topological polar surface area (TPSA) is 75.8 Å². The van der Waals surface area contributed by atoms with E-state index in [0.717, 1.165) is 81.2 Å². The zero-order valence-corrected chi connectivity index (χ0v) is 20.1. The molecule has 0 radical (unpaired) electrons. The number of rotatable bonds is 12. The molecule has 1 N–H and O–H groups in total. The van der Waals surface area contributed by atoms with E-state index >= 15 is 0 Å². The number of carboxylic acid groups (broad SMARTS) is 1. The predicted octanol–water partition coefficient (Wildman–Crippen LogP) is 5.59. The standard InChI is InChI=1S/C28H36N2O4/c1-33-25-8-9-27-26(18-25)23(11-14-29-27)6-2-5-22-12-16-30(19-24(22)7-10-28(31)32)15-3-4-21-13-17-34-20-21/h8-9,11,13-14,17-18,20,22,24H,2-7,10,12,15-16,19H2,1H3,(H,31,32). The quantitative estimate of drug-likeness (QED) is 0.376. The number of carboxylic acids is 1. The summed E-state index contributed by atoms with van der Waals surface area (Å²) in [5.74, 6) is 1.21. The van der Waals surface area contributed by atoms with Crippen LogP contribution >= 0.6 is 0 Å². The van der Waals surface area contributed by atoms with Crippen LogP contribution in [0, 0.1) is 11.8 Å². The SMILES string of the molecule is COc1ccc2nccc(CCCC3CCN(CCCc4ccoc4)CC3CCC(=O)O)c2c1. The molecule has 2 atom stereocenters. The number of likely N-dealkylation sites (tertiary alicyclic amines) is 1. The number of furan rings is 1. The molecule has 34 heavy (non-hydrogen) atoms. The van der Waals surface area contributed by atoms with Crippen LogP contribution < -0.4 is 4.74 Å². The van der Waals surface area contributed by atoms with E-state index in [-0.39, 0.29) is 6.42 Å². The second kappa shape index (κ2) is 12.0. The van der Waals surface area contributed by atoms with E-state index in [1.807, 2.05) is 30.7 Å². The third-order valence-corrected chi connectivity index (χ3v) is 7.28. The van der Waals surface area contributed by atoms with E-state index in [1.54, 1.807) is 13.4 Å². The van der Waals surface area contributed by atoms with Crippen molar-refractivity contribution in [3.05, 3.63) is 60.2 Å². The van der Waals surface area contributed by atoms with Gasteiger partial charge in [0.2, 0.25) is 0 Å². The molecule has 0 spiro atoms. The maximum Gasteiger partial charge on any atom is 0.303 e. The maximum atomic E-state index is 11.3. The first-order chi connectivity index (χ1) is 16.6. The molecular weight excluding hydrogens is 428 g/mol. The average Bonchev–Trinajstić information content (AvgIpc) is 3.37. The van der Waals surface area contributed by atoms with E-state index in [9.17, 15) is 9.90 Å². The Bertz CT molecular complexity index is 1050. The van der Waals surface area contributed by atoms with E-state index in [2.05, 4.69) is 22.0 Å². The first-order valence-electron chi connectivity index (χ1n) is 12.5. The van der Waals surface area contributed by atoms with Gasteiger partial charge in [-0.15, -0.1) is 0 Å². The molecule has 1 fully saturated rings. The highest BCUT2D eigenvalue weighted by atomic mass is 16.5. The normalized spacial score (nSPS) is 18.9. The molecule has 4 rings (SSSR count). The summed E-state index contributed by atoms with van der Waals surface area (Å²) in [6, 6.07) is 10.2. The minimum Gasteiger partial charge on any atom is -0.497 e. The number of methoxy groups -OCH3 is 1. The lowest BCUT2D eigenvalue weighted by molar-refractivity contribution is -0.137. The third kappa shape index (κ3) is 6.60. The second-order valence-corrected chi connectivity index (χ2v) is 9.52. The minimum atomic E-state index is -0.687. The van der Waals surface area contributed by atoms with Crippen molar-refractivity contribution in [2.75, 3.05) is 26.7 Å². The number of piperidine rings is 1. The van der Waals surface area contributed by atoms with Crippen molar-refractivity contribution in [1.82, 2.24) is 9.88 Å². The minimum absolute atomic E-state index is 0.263. The molecule has 1 saturated heterocycles. The number of aryl methyl sites for hydroxylation is 2. The van der Waals surface area contributed by atoms with E-state index in [4.69, 9.17) is 9.15 Å². The van der Waals surface area contributed by atoms with Crippen LogP contribution in [-0.4, -0.2) is 47.7 Å². The van der Waals surface area contributed by atoms with Gasteiger partial charge in [-0.05, 0) is 111 Å². The van der Waals surface area contributed by atoms with Gasteiger partial charge in [0.05, 0.1) is 25.2 Å². The largest absolute Gasteiger partial charge is 0.497 e. The Kier molecular flexibility index (Phi) is 8.58. The van der Waals surface area contributed by atoms with Gasteiger partial charge >= 0.3 is 5.97 Å². The summed E-state index contributed by atoms with van der Waals surface area (Å²) in [7, 11) is 1.69. The van der Waals surface area contributed by atoms with Crippen LogP contribution in [0.25, 0.3) is 10.9 Å². The predicted molar refractivity (Wildman–Crippen MR) is 133 cm³/mol. The molecule has 3 heterocycles. The van der Waals surface area contributed by atoms with Crippen LogP contribution in [0.1, 0.15) is 49.7 Å². The molecule has 0 bridgehead atoms. The summed E-state index contributed by atoms with van der Waals surface area (Å²) >= 11 is 0. The molecule has 6 nitrogen and oxygen atoms in total. The van der Waals surface area contributed by atoms with Gasteiger partial charge in [0.1, 0.15) is 5.75 Å². The molecule has 2 unspecified atom stereocenters. The van der Waals surface area contributed by atoms with Gasteiger partial charge in [-0.1, -0.05) is 0 Å². The summed E-state index contributed by atoms with van der Waals surface area (Å²) in [5, 5.41) is 10.4. The molecule has 1 aliphatic heterocycles. The van der Waals surface area contributed by atoms with Crippen LogP contribution in [0.2, 0.25) is 0 Å². The number of carbonyl (C=O) groups is 1. The smallest absolute Gasteiger partial charge is 0.303 e. The summed E-state index contributed by atoms with van der Waals surface area (Å²) in [4.78, 5) is 18.3. The monoisotopic (exact) mass is 464 g/mol. The zero-order chi connectivity index (χ0) is 23.8. The van der Waals surface area contributed by atoms with Crippen molar-refractivity contribution < 1.29 is 19.1 Å². The average molecular weight is 465 g/mol. The fourth-order valence-corrected chi connectivity index (χ4v) is 5.40. The number of nitrogens with zero attached hydrogens (tertiary/aromatic N) is 2. The molecule has 182 valence electrons. The second-order valence-electron chi connectivity index (χ2n) is 9.52. The first kappa shape index (κ1) is 24.3. The number of aliphatic carboxylic acids is 1. The molecule has 0 amide bonds. The summed E-state index contributed by atoms with van der Waals surface area (Å²) < 4.78 is 10.6. The number of pyridine rings is 1. The zero-order valence-electron chi connectivity index (χ0n) is 20.1. The highest BCUT2D eigenvalue weighted by molar-refractivity contribution is 5.83. The van der Waals surface area contributed by atoms with Gasteiger partial charge in [0.25, 0.3) is 0 Å². The Morgan fingerprint density at radius 3 is 2.88 bits per heavy atom. The van der Waals surface area contributed by atoms with E-state index < -0.39 is 5.97 Å². The maximum absolute atomic E-state index is 11.3. The van der Waals surface area contributed by atoms with Crippen molar-refractivity contribution in [2.24, 2.45) is 11.8 Å². The number of hydrogen-bond acceptors (Lipinski definition) is 5. The molecule has 1 aromatic carbocycles. The fraction of sp³-hybridized carbons (Fsp3) is 0.500. The first-order valence-corrected chi connectivity index (χ1v) is 12.5. The van der Waals surface area contributed by atoms with Crippen molar-refractivity contribution >= 4 is 16.9 Å². The Labute approximate surface area is 201 Å². The Morgan fingerprint density at radius 2 is 2.09 bits per heavy atom. The van der Waals surface area contributed by atoms with Crippen molar-refractivity contribution in [3.8, 4) is 5.75 Å². The number of fused-ring (bicyclic) bond motifs is 1. The number of ether oxygens (including phenoxy) is 1. The molecule has 0 saturated carbocycles. The van der Waals surface area contributed by atoms with Gasteiger partial charge in [0, 0.05) is 24.5 Å². The Morgan fingerprint density at radius 1 is 1.18 bits per heavy atom. The molecule has 0 aliphatic carbocycles. The Balaban J connectivity index is 1.32. The van der Waals surface area contributed by atoms with Gasteiger partial charge in [-0.3, -0.25) is 9.78 Å². The highest BCUT2D eigenvalue weighted by Gasteiger charge is 2.29. The fourth-order valence-electron chi connectivity index (χ4n) is 5.40. The van der Waals surface area contributed by atoms with Crippen LogP contribution in [0.3, 0.4) is 0 Å². The van der Waals surface area contributed by atoms with Gasteiger partial charge in [-0.2, -0.15) is 0 Å². The Hall–Kier alpha value is -2.86.